The van der Waals surface area contributed by atoms with Gasteiger partial charge in [0.15, 0.2) is 20.7 Å². The van der Waals surface area contributed by atoms with Gasteiger partial charge in [0, 0.05) is 19.6 Å². The summed E-state index contributed by atoms with van der Waals surface area (Å²) in [6.07, 6.45) is -0.361. The number of hydrogen-bond donors (Lipinski definition) is 1. The summed E-state index contributed by atoms with van der Waals surface area (Å²) in [7, 11) is -1.86. The van der Waals surface area contributed by atoms with Crippen LogP contribution in [0.4, 0.5) is 4.79 Å². The van der Waals surface area contributed by atoms with E-state index in [0.717, 1.165) is 5.56 Å². The molecule has 6 heteroatoms. The third-order valence-corrected chi connectivity index (χ3v) is 8.90. The molecule has 5 nitrogen and oxygen atoms in total. The van der Waals surface area contributed by atoms with E-state index in [4.69, 9.17) is 9.16 Å². The average Bonchev–Trinajstić information content (AvgIpc) is 2.51. The Morgan fingerprint density at radius 1 is 1.25 bits per heavy atom. The molecule has 0 bridgehead atoms. The number of hydrogen-bond acceptors (Lipinski definition) is 4. The molecule has 0 aromatic heterocycles. The van der Waals surface area contributed by atoms with E-state index in [1.54, 1.807) is 0 Å². The molecule has 0 heterocycles. The molecule has 0 fully saturated rings. The largest absolute Gasteiger partial charge is 0.438 e. The number of ether oxygens (including phenoxy) is 1. The third kappa shape index (κ3) is 6.84. The van der Waals surface area contributed by atoms with Crippen molar-refractivity contribution in [2.75, 3.05) is 6.61 Å². The monoisotopic (exact) mass is 351 g/mol. The molecule has 0 spiro atoms. The molecule has 1 rings (SSSR count). The van der Waals surface area contributed by atoms with Crippen LogP contribution in [-0.2, 0) is 20.5 Å². The topological polar surface area (TPSA) is 64.6 Å². The van der Waals surface area contributed by atoms with Crippen LogP contribution in [0, 0.1) is 0 Å². The van der Waals surface area contributed by atoms with E-state index < -0.39 is 20.5 Å². The SMILES string of the molecule is CC(C)(C)[Si](C)(C)OCC[C@H](C=O)OC(=O)NCc1ccccc1. The van der Waals surface area contributed by atoms with Gasteiger partial charge in [0.05, 0.1) is 0 Å². The number of rotatable bonds is 8. The van der Waals surface area contributed by atoms with E-state index in [0.29, 0.717) is 25.9 Å². The van der Waals surface area contributed by atoms with Crippen molar-refractivity contribution in [3.8, 4) is 0 Å². The van der Waals surface area contributed by atoms with Crippen molar-refractivity contribution in [1.29, 1.82) is 0 Å². The molecule has 1 N–H and O–H groups in total. The van der Waals surface area contributed by atoms with E-state index in [-0.39, 0.29) is 5.04 Å². The normalized spacial score (nSPS) is 13.2. The highest BCUT2D eigenvalue weighted by atomic mass is 28.4. The van der Waals surface area contributed by atoms with Gasteiger partial charge in [-0.2, -0.15) is 0 Å². The molecule has 134 valence electrons. The minimum absolute atomic E-state index is 0.109. The standard InChI is InChI=1S/C18H29NO4Si/c1-18(2,3)24(4,5)22-12-11-16(14-20)23-17(21)19-13-15-9-7-6-8-10-15/h6-10,14,16H,11-13H2,1-5H3,(H,19,21)/t16-/m1/s1. The van der Waals surface area contributed by atoms with Crippen molar-refractivity contribution in [3.05, 3.63) is 35.9 Å². The number of aldehydes is 1. The quantitative estimate of drug-likeness (QED) is 0.570. The Labute approximate surface area is 145 Å². The maximum absolute atomic E-state index is 11.8. The predicted octanol–water partition coefficient (Wildman–Crippen LogP) is 3.89. The van der Waals surface area contributed by atoms with E-state index in [2.05, 4.69) is 39.2 Å². The van der Waals surface area contributed by atoms with E-state index in [1.807, 2.05) is 30.3 Å². The molecule has 1 amide bonds. The van der Waals surface area contributed by atoms with E-state index in [1.165, 1.54) is 0 Å². The van der Waals surface area contributed by atoms with Crippen molar-refractivity contribution in [3.63, 3.8) is 0 Å². The molecule has 0 radical (unpaired) electrons. The molecule has 1 aromatic carbocycles. The van der Waals surface area contributed by atoms with Crippen LogP contribution in [0.2, 0.25) is 18.1 Å². The Morgan fingerprint density at radius 2 is 1.88 bits per heavy atom. The Hall–Kier alpha value is -1.66. The smallest absolute Gasteiger partial charge is 0.408 e. The summed E-state index contributed by atoms with van der Waals surface area (Å²) >= 11 is 0. The maximum Gasteiger partial charge on any atom is 0.408 e. The summed E-state index contributed by atoms with van der Waals surface area (Å²) in [5.41, 5.74) is 0.971. The number of alkyl carbamates (subject to hydrolysis) is 1. The maximum atomic E-state index is 11.8. The van der Waals surface area contributed by atoms with Gasteiger partial charge in [0.2, 0.25) is 0 Å². The summed E-state index contributed by atoms with van der Waals surface area (Å²) in [5, 5.41) is 2.75. The first-order valence-corrected chi connectivity index (χ1v) is 11.1. The van der Waals surface area contributed by atoms with Crippen LogP contribution in [0.5, 0.6) is 0 Å². The second-order valence-corrected chi connectivity index (χ2v) is 12.1. The Morgan fingerprint density at radius 3 is 2.42 bits per heavy atom. The van der Waals surface area contributed by atoms with Crippen molar-refractivity contribution in [1.82, 2.24) is 5.32 Å². The molecule has 0 saturated carbocycles. The van der Waals surface area contributed by atoms with Gasteiger partial charge in [-0.25, -0.2) is 4.79 Å². The fourth-order valence-corrected chi connectivity index (χ4v) is 2.81. The van der Waals surface area contributed by atoms with Crippen molar-refractivity contribution >= 4 is 20.7 Å². The fourth-order valence-electron chi connectivity index (χ4n) is 1.75. The molecule has 0 aliphatic rings. The highest BCUT2D eigenvalue weighted by molar-refractivity contribution is 6.74. The first-order chi connectivity index (χ1) is 11.2. The van der Waals surface area contributed by atoms with Gasteiger partial charge < -0.3 is 14.5 Å². The van der Waals surface area contributed by atoms with Gasteiger partial charge in [-0.05, 0) is 23.7 Å². The Kier molecular flexibility index (Phi) is 7.63. The second-order valence-electron chi connectivity index (χ2n) is 7.32. The lowest BCUT2D eigenvalue weighted by molar-refractivity contribution is -0.115. The van der Waals surface area contributed by atoms with Crippen LogP contribution in [0.25, 0.3) is 0 Å². The minimum atomic E-state index is -1.86. The summed E-state index contributed by atoms with van der Waals surface area (Å²) in [5.74, 6) is 0. The van der Waals surface area contributed by atoms with Crippen molar-refractivity contribution in [2.45, 2.75) is 58.0 Å². The Bertz CT molecular complexity index is 526. The fraction of sp³-hybridized carbons (Fsp3) is 0.556. The Balaban J connectivity index is 2.36. The predicted molar refractivity (Wildman–Crippen MR) is 97.4 cm³/mol. The molecular formula is C18H29NO4Si. The molecule has 0 saturated heterocycles. The van der Waals surface area contributed by atoms with Crippen LogP contribution in [0.1, 0.15) is 32.8 Å². The molecule has 1 aromatic rings. The van der Waals surface area contributed by atoms with E-state index >= 15 is 0 Å². The highest BCUT2D eigenvalue weighted by Gasteiger charge is 2.37. The van der Waals surface area contributed by atoms with Gasteiger partial charge in [0.1, 0.15) is 0 Å². The average molecular weight is 352 g/mol. The second kappa shape index (κ2) is 8.99. The minimum Gasteiger partial charge on any atom is -0.438 e. The van der Waals surface area contributed by atoms with E-state index in [9.17, 15) is 9.59 Å². The zero-order chi connectivity index (χ0) is 18.2. The highest BCUT2D eigenvalue weighted by Crippen LogP contribution is 2.36. The molecule has 0 aliphatic heterocycles. The molecule has 1 atom stereocenters. The van der Waals surface area contributed by atoms with Crippen LogP contribution in [-0.4, -0.2) is 33.4 Å². The number of carbonyl (C=O) groups excluding carboxylic acids is 2. The zero-order valence-corrected chi connectivity index (χ0v) is 16.3. The summed E-state index contributed by atoms with van der Waals surface area (Å²) < 4.78 is 11.1. The van der Waals surface area contributed by atoms with Gasteiger partial charge in [-0.1, -0.05) is 51.1 Å². The molecule has 0 unspecified atom stereocenters. The molecule has 0 aliphatic carbocycles. The lowest BCUT2D eigenvalue weighted by atomic mass is 10.2. The summed E-state index contributed by atoms with van der Waals surface area (Å²) in [6.45, 7) is 11.5. The number of amides is 1. The molecular weight excluding hydrogens is 322 g/mol. The van der Waals surface area contributed by atoms with Gasteiger partial charge in [-0.3, -0.25) is 4.79 Å². The number of nitrogens with one attached hydrogen (secondary N) is 1. The van der Waals surface area contributed by atoms with Crippen molar-refractivity contribution in [2.24, 2.45) is 0 Å². The zero-order valence-electron chi connectivity index (χ0n) is 15.3. The first-order valence-electron chi connectivity index (χ1n) is 8.23. The number of benzene rings is 1. The van der Waals surface area contributed by atoms with Crippen LogP contribution < -0.4 is 5.32 Å². The van der Waals surface area contributed by atoms with Crippen LogP contribution in [0.3, 0.4) is 0 Å². The number of carbonyl (C=O) groups is 2. The summed E-state index contributed by atoms with van der Waals surface area (Å²) in [4.78, 5) is 22.9. The lowest BCUT2D eigenvalue weighted by Crippen LogP contribution is -2.41. The van der Waals surface area contributed by atoms with Crippen LogP contribution >= 0.6 is 0 Å². The first kappa shape index (κ1) is 20.4. The molecule has 24 heavy (non-hydrogen) atoms. The third-order valence-electron chi connectivity index (χ3n) is 4.36. The van der Waals surface area contributed by atoms with Gasteiger partial charge in [0.25, 0.3) is 0 Å². The van der Waals surface area contributed by atoms with Gasteiger partial charge >= 0.3 is 6.09 Å². The van der Waals surface area contributed by atoms with Crippen molar-refractivity contribution < 1.29 is 18.8 Å². The van der Waals surface area contributed by atoms with Crippen LogP contribution in [0.15, 0.2) is 30.3 Å². The summed E-state index contributed by atoms with van der Waals surface area (Å²) in [6, 6.07) is 9.52. The van der Waals surface area contributed by atoms with Gasteiger partial charge in [-0.15, -0.1) is 0 Å². The lowest BCUT2D eigenvalue weighted by Gasteiger charge is -2.36.